The summed E-state index contributed by atoms with van der Waals surface area (Å²) in [4.78, 5) is 11.3. The smallest absolute Gasteiger partial charge is 0.348 e. The van der Waals surface area contributed by atoms with Crippen molar-refractivity contribution in [3.63, 3.8) is 0 Å². The minimum absolute atomic E-state index is 0.164. The van der Waals surface area contributed by atoms with Gasteiger partial charge in [0.1, 0.15) is 13.4 Å². The van der Waals surface area contributed by atoms with Crippen molar-refractivity contribution >= 4 is 27.1 Å². The lowest BCUT2D eigenvalue weighted by atomic mass is 9.75. The molecule has 1 saturated carbocycles. The largest absolute Gasteiger partial charge is 0.479 e. The van der Waals surface area contributed by atoms with E-state index in [1.807, 2.05) is 6.92 Å². The van der Waals surface area contributed by atoms with Crippen LogP contribution in [0.3, 0.4) is 0 Å². The third-order valence-electron chi connectivity index (χ3n) is 8.04. The number of carbonyl (C=O) groups is 1. The first-order valence-electron chi connectivity index (χ1n) is 15.2. The second-order valence-electron chi connectivity index (χ2n) is 11.2. The summed E-state index contributed by atoms with van der Waals surface area (Å²) < 4.78 is 23.9. The molecule has 1 aliphatic rings. The third kappa shape index (κ3) is 12.8. The van der Waals surface area contributed by atoms with Gasteiger partial charge in [0.2, 0.25) is 6.29 Å². The number of thiol groups is 1. The topological polar surface area (TPSA) is 93.1 Å². The molecule has 37 heavy (non-hydrogen) atoms. The van der Waals surface area contributed by atoms with Gasteiger partial charge in [-0.15, -0.1) is 12.6 Å². The number of aliphatic hydroxyl groups is 1. The molecule has 0 aromatic carbocycles. The van der Waals surface area contributed by atoms with Gasteiger partial charge >= 0.3 is 5.97 Å². The van der Waals surface area contributed by atoms with Crippen molar-refractivity contribution < 1.29 is 29.0 Å². The first-order valence-corrected chi connectivity index (χ1v) is 16.7. The van der Waals surface area contributed by atoms with E-state index in [1.165, 1.54) is 70.6 Å². The molecule has 0 amide bonds. The minimum Gasteiger partial charge on any atom is -0.479 e. The summed E-state index contributed by atoms with van der Waals surface area (Å²) in [7, 11) is -2.01. The van der Waals surface area contributed by atoms with Crippen LogP contribution in [0.25, 0.3) is 0 Å². The van der Waals surface area contributed by atoms with Crippen molar-refractivity contribution in [3.05, 3.63) is 0 Å². The van der Waals surface area contributed by atoms with Gasteiger partial charge in [0.05, 0.1) is 0 Å². The number of hydrogen-bond donors (Lipinski definition) is 3. The molecule has 0 radical (unpaired) electrons. The maximum absolute atomic E-state index is 12.4. The SMILES string of the molecule is CCCCCCCCCC(S)(CCC(CCCC)C1CCCCC1)OC([PH2]=O)(C(=O)O)C(O)OCCC. The lowest BCUT2D eigenvalue weighted by Crippen LogP contribution is -2.53. The molecule has 5 atom stereocenters. The van der Waals surface area contributed by atoms with Gasteiger partial charge < -0.3 is 24.3 Å². The Balaban J connectivity index is 3.03. The molecule has 0 spiro atoms. The monoisotopic (exact) mass is 564 g/mol. The number of carboxylic acid groups (broad SMARTS) is 1. The Morgan fingerprint density at radius 1 is 0.919 bits per heavy atom. The quantitative estimate of drug-likeness (QED) is 0.0501. The average Bonchev–Trinajstić information content (AvgIpc) is 2.90. The van der Waals surface area contributed by atoms with Crippen molar-refractivity contribution in [2.45, 2.75) is 159 Å². The van der Waals surface area contributed by atoms with Crippen LogP contribution in [0.15, 0.2) is 0 Å². The Morgan fingerprint density at radius 2 is 1.54 bits per heavy atom. The van der Waals surface area contributed by atoms with Crippen LogP contribution in [0.5, 0.6) is 0 Å². The van der Waals surface area contributed by atoms with Crippen molar-refractivity contribution in [2.75, 3.05) is 6.61 Å². The van der Waals surface area contributed by atoms with Crippen LogP contribution in [0.1, 0.15) is 143 Å². The first-order chi connectivity index (χ1) is 17.8. The lowest BCUT2D eigenvalue weighted by Gasteiger charge is -2.40. The fraction of sp³-hybridized carbons (Fsp3) is 0.966. The molecule has 1 aliphatic carbocycles. The molecule has 2 N–H and O–H groups in total. The average molecular weight is 565 g/mol. The van der Waals surface area contributed by atoms with Gasteiger partial charge in [-0.3, -0.25) is 0 Å². The van der Waals surface area contributed by atoms with E-state index in [2.05, 4.69) is 13.8 Å². The first kappa shape index (κ1) is 35.0. The summed E-state index contributed by atoms with van der Waals surface area (Å²) in [5, 5.41) is 18.5. The number of rotatable bonds is 23. The van der Waals surface area contributed by atoms with Crippen LogP contribution in [-0.2, 0) is 18.8 Å². The van der Waals surface area contributed by atoms with E-state index in [1.54, 1.807) is 0 Å². The minimum atomic E-state index is -2.29. The lowest BCUT2D eigenvalue weighted by molar-refractivity contribution is -0.227. The zero-order chi connectivity index (χ0) is 27.6. The molecule has 0 bridgehead atoms. The van der Waals surface area contributed by atoms with Crippen LogP contribution < -0.4 is 0 Å². The number of carboxylic acids is 1. The summed E-state index contributed by atoms with van der Waals surface area (Å²) in [6, 6.07) is 0. The van der Waals surface area contributed by atoms with E-state index in [4.69, 9.17) is 22.1 Å². The predicted octanol–water partition coefficient (Wildman–Crippen LogP) is 8.22. The molecule has 0 heterocycles. The third-order valence-corrected chi connectivity index (χ3v) is 9.58. The number of unbranched alkanes of at least 4 members (excludes halogenated alkanes) is 7. The highest BCUT2D eigenvalue weighted by molar-refractivity contribution is 7.81. The van der Waals surface area contributed by atoms with Gasteiger partial charge in [0, 0.05) is 6.61 Å². The fourth-order valence-electron chi connectivity index (χ4n) is 5.68. The molecule has 0 aliphatic heterocycles. The van der Waals surface area contributed by atoms with Crippen LogP contribution in [-0.4, -0.2) is 39.4 Å². The van der Waals surface area contributed by atoms with Crippen LogP contribution in [0.2, 0.25) is 0 Å². The highest BCUT2D eigenvalue weighted by Crippen LogP contribution is 2.44. The highest BCUT2D eigenvalue weighted by Gasteiger charge is 2.52. The molecule has 5 unspecified atom stereocenters. The van der Waals surface area contributed by atoms with Crippen LogP contribution in [0.4, 0.5) is 0 Å². The Hall–Kier alpha value is -0.0700. The molecule has 0 saturated heterocycles. The number of aliphatic hydroxyl groups excluding tert-OH is 1. The van der Waals surface area contributed by atoms with E-state index in [0.717, 1.165) is 32.1 Å². The van der Waals surface area contributed by atoms with E-state index in [0.29, 0.717) is 31.1 Å². The Kier molecular flexibility index (Phi) is 18.8. The van der Waals surface area contributed by atoms with Gasteiger partial charge in [-0.05, 0) is 43.9 Å². The molecule has 0 aromatic rings. The van der Waals surface area contributed by atoms with Gasteiger partial charge in [0.15, 0.2) is 0 Å². The van der Waals surface area contributed by atoms with Gasteiger partial charge in [-0.1, -0.05) is 111 Å². The Morgan fingerprint density at radius 3 is 2.11 bits per heavy atom. The molecule has 220 valence electrons. The molecule has 0 aromatic heterocycles. The standard InChI is InChI=1S/C29H57O6PS/c1-4-7-9-10-11-12-16-21-28(37,35-29(36-33,26(30)31)27(32)34-23-6-3)22-20-25(17-8-5-2)24-18-14-13-15-19-24/h24-25,27,32,37H,4-23,36H2,1-3H3,(H,30,31). The van der Waals surface area contributed by atoms with Crippen molar-refractivity contribution in [1.82, 2.24) is 0 Å². The zero-order valence-corrected chi connectivity index (χ0v) is 26.0. The summed E-state index contributed by atoms with van der Waals surface area (Å²) in [6.45, 7) is 6.46. The molecular weight excluding hydrogens is 507 g/mol. The maximum Gasteiger partial charge on any atom is 0.348 e. The van der Waals surface area contributed by atoms with Crippen molar-refractivity contribution in [3.8, 4) is 0 Å². The predicted molar refractivity (Wildman–Crippen MR) is 157 cm³/mol. The van der Waals surface area contributed by atoms with E-state index in [9.17, 15) is 19.6 Å². The fourth-order valence-corrected chi connectivity index (χ4v) is 6.81. The van der Waals surface area contributed by atoms with Gasteiger partial charge in [-0.25, -0.2) is 4.79 Å². The molecule has 1 fully saturated rings. The summed E-state index contributed by atoms with van der Waals surface area (Å²) in [5.41, 5.74) is 0. The second-order valence-corrected chi connectivity index (χ2v) is 13.1. The van der Waals surface area contributed by atoms with Crippen molar-refractivity contribution in [1.29, 1.82) is 0 Å². The number of hydrogen-bond acceptors (Lipinski definition) is 6. The molecule has 6 nitrogen and oxygen atoms in total. The van der Waals surface area contributed by atoms with E-state index >= 15 is 0 Å². The van der Waals surface area contributed by atoms with Gasteiger partial charge in [-0.2, -0.15) is 0 Å². The normalized spacial score (nSPS) is 20.0. The van der Waals surface area contributed by atoms with Crippen LogP contribution in [0, 0.1) is 11.8 Å². The summed E-state index contributed by atoms with van der Waals surface area (Å²) in [6.07, 6.45) is 18.7. The zero-order valence-electron chi connectivity index (χ0n) is 23.9. The molecular formula is C29H57O6PS. The van der Waals surface area contributed by atoms with E-state index < -0.39 is 31.0 Å². The number of aliphatic carboxylic acids is 1. The summed E-state index contributed by atoms with van der Waals surface area (Å²) >= 11 is 4.96. The maximum atomic E-state index is 12.4. The molecule has 1 rings (SSSR count). The molecule has 8 heteroatoms. The number of ether oxygens (including phenoxy) is 2. The van der Waals surface area contributed by atoms with Gasteiger partial charge in [0.25, 0.3) is 5.34 Å². The van der Waals surface area contributed by atoms with Crippen molar-refractivity contribution in [2.24, 2.45) is 11.8 Å². The Labute approximate surface area is 233 Å². The highest BCUT2D eigenvalue weighted by atomic mass is 32.1. The Bertz CT molecular complexity index is 617. The van der Waals surface area contributed by atoms with Crippen LogP contribution >= 0.6 is 21.1 Å². The summed E-state index contributed by atoms with van der Waals surface area (Å²) in [5.74, 6) is -0.192. The van der Waals surface area contributed by atoms with E-state index in [-0.39, 0.29) is 6.61 Å². The second kappa shape index (κ2) is 19.9.